The number of hydrogen-bond donors (Lipinski definition) is 4. The fourth-order valence-corrected chi connectivity index (χ4v) is 1.05. The van der Waals surface area contributed by atoms with Gasteiger partial charge in [-0.1, -0.05) is 13.8 Å². The first-order chi connectivity index (χ1) is 7.43. The second-order valence-electron chi connectivity index (χ2n) is 3.72. The van der Waals surface area contributed by atoms with E-state index in [-0.39, 0.29) is 17.3 Å². The van der Waals surface area contributed by atoms with Crippen LogP contribution in [-0.4, -0.2) is 33.2 Å². The number of hydrogen-bond acceptors (Lipinski definition) is 4. The van der Waals surface area contributed by atoms with Crippen molar-refractivity contribution in [3.8, 4) is 0 Å². The van der Waals surface area contributed by atoms with Gasteiger partial charge >= 0.3 is 5.97 Å². The van der Waals surface area contributed by atoms with Gasteiger partial charge in [0.2, 0.25) is 5.91 Å². The largest absolute Gasteiger partial charge is 0.477 e. The monoisotopic (exact) mass is 226 g/mol. The first-order valence-electron chi connectivity index (χ1n) is 4.76. The van der Waals surface area contributed by atoms with Crippen molar-refractivity contribution in [3.05, 3.63) is 11.8 Å². The standard InChI is InChI=1S/C9H14N4O3/c1-4(2)6(10)8(14)12-7-5(9(15)16)3-11-13-7/h3-4,6H,10H2,1-2H3,(H,15,16)(H2,11,12,13,14). The Balaban J connectivity index is 2.77. The average Bonchev–Trinajstić information content (AvgIpc) is 2.64. The fraction of sp³-hybridized carbons (Fsp3) is 0.444. The molecule has 7 nitrogen and oxygen atoms in total. The molecule has 1 rings (SSSR count). The molecule has 0 spiro atoms. The number of nitrogens with two attached hydrogens (primary N) is 1. The maximum atomic E-state index is 11.5. The smallest absolute Gasteiger partial charge is 0.341 e. The topological polar surface area (TPSA) is 121 Å². The molecule has 0 aromatic carbocycles. The summed E-state index contributed by atoms with van der Waals surface area (Å²) >= 11 is 0. The lowest BCUT2D eigenvalue weighted by molar-refractivity contribution is -0.118. The summed E-state index contributed by atoms with van der Waals surface area (Å²) in [5.74, 6) is -1.59. The van der Waals surface area contributed by atoms with E-state index < -0.39 is 17.9 Å². The normalized spacial score (nSPS) is 12.5. The van der Waals surface area contributed by atoms with Crippen LogP contribution in [0.2, 0.25) is 0 Å². The lowest BCUT2D eigenvalue weighted by atomic mass is 10.1. The Labute approximate surface area is 92.0 Å². The Morgan fingerprint density at radius 3 is 2.69 bits per heavy atom. The van der Waals surface area contributed by atoms with E-state index >= 15 is 0 Å². The van der Waals surface area contributed by atoms with Crippen molar-refractivity contribution in [1.82, 2.24) is 10.2 Å². The molecule has 1 aromatic rings. The van der Waals surface area contributed by atoms with Crippen molar-refractivity contribution < 1.29 is 14.7 Å². The van der Waals surface area contributed by atoms with E-state index in [4.69, 9.17) is 10.8 Å². The van der Waals surface area contributed by atoms with Crippen molar-refractivity contribution in [1.29, 1.82) is 0 Å². The highest BCUT2D eigenvalue weighted by Crippen LogP contribution is 2.11. The molecule has 7 heteroatoms. The zero-order chi connectivity index (χ0) is 12.3. The molecule has 88 valence electrons. The first-order valence-corrected chi connectivity index (χ1v) is 4.76. The van der Waals surface area contributed by atoms with E-state index in [0.29, 0.717) is 0 Å². The van der Waals surface area contributed by atoms with Crippen LogP contribution < -0.4 is 11.1 Å². The summed E-state index contributed by atoms with van der Waals surface area (Å²) in [6.07, 6.45) is 1.12. The summed E-state index contributed by atoms with van der Waals surface area (Å²) in [6, 6.07) is -0.690. The van der Waals surface area contributed by atoms with Gasteiger partial charge < -0.3 is 16.2 Å². The molecule has 1 aromatic heterocycles. The van der Waals surface area contributed by atoms with E-state index in [2.05, 4.69) is 15.5 Å². The van der Waals surface area contributed by atoms with Crippen LogP contribution in [-0.2, 0) is 4.79 Å². The van der Waals surface area contributed by atoms with Crippen LogP contribution in [0.3, 0.4) is 0 Å². The predicted octanol–water partition coefficient (Wildman–Crippen LogP) is 0.0297. The van der Waals surface area contributed by atoms with Gasteiger partial charge in [-0.25, -0.2) is 4.79 Å². The molecule has 1 amide bonds. The van der Waals surface area contributed by atoms with Gasteiger partial charge in [-0.05, 0) is 5.92 Å². The molecule has 0 fully saturated rings. The predicted molar refractivity (Wildman–Crippen MR) is 57.0 cm³/mol. The Bertz CT molecular complexity index is 399. The van der Waals surface area contributed by atoms with Gasteiger partial charge in [0.05, 0.1) is 12.2 Å². The number of carboxylic acids is 1. The van der Waals surface area contributed by atoms with Gasteiger partial charge in [-0.15, -0.1) is 0 Å². The maximum Gasteiger partial charge on any atom is 0.341 e. The molecule has 1 unspecified atom stereocenters. The molecule has 0 bridgehead atoms. The second-order valence-corrected chi connectivity index (χ2v) is 3.72. The summed E-state index contributed by atoms with van der Waals surface area (Å²) in [6.45, 7) is 3.60. The first kappa shape index (κ1) is 12.2. The number of aromatic nitrogens is 2. The van der Waals surface area contributed by atoms with Crippen LogP contribution in [0.5, 0.6) is 0 Å². The van der Waals surface area contributed by atoms with Gasteiger partial charge in [0.15, 0.2) is 0 Å². The van der Waals surface area contributed by atoms with Crippen molar-refractivity contribution >= 4 is 17.7 Å². The van der Waals surface area contributed by atoms with E-state index in [1.165, 1.54) is 0 Å². The Morgan fingerprint density at radius 2 is 2.19 bits per heavy atom. The van der Waals surface area contributed by atoms with Crippen LogP contribution in [0.1, 0.15) is 24.2 Å². The highest BCUT2D eigenvalue weighted by atomic mass is 16.4. The summed E-state index contributed by atoms with van der Waals surface area (Å²) in [5, 5.41) is 17.1. The Hall–Kier alpha value is -1.89. The van der Waals surface area contributed by atoms with Crippen LogP contribution in [0.25, 0.3) is 0 Å². The number of nitrogens with one attached hydrogen (secondary N) is 2. The molecular weight excluding hydrogens is 212 g/mol. The third-order valence-electron chi connectivity index (χ3n) is 2.14. The molecule has 0 aliphatic heterocycles. The van der Waals surface area contributed by atoms with Crippen molar-refractivity contribution in [2.24, 2.45) is 11.7 Å². The summed E-state index contributed by atoms with van der Waals surface area (Å²) in [4.78, 5) is 22.3. The molecule has 1 heterocycles. The number of rotatable bonds is 4. The van der Waals surface area contributed by atoms with Crippen molar-refractivity contribution in [2.45, 2.75) is 19.9 Å². The Kier molecular flexibility index (Phi) is 3.62. The molecule has 16 heavy (non-hydrogen) atoms. The average molecular weight is 226 g/mol. The zero-order valence-corrected chi connectivity index (χ0v) is 9.02. The minimum Gasteiger partial charge on any atom is -0.477 e. The quantitative estimate of drug-likeness (QED) is 0.577. The van der Waals surface area contributed by atoms with Crippen LogP contribution in [0.15, 0.2) is 6.20 Å². The molecule has 0 saturated heterocycles. The summed E-state index contributed by atoms with van der Waals surface area (Å²) in [7, 11) is 0. The highest BCUT2D eigenvalue weighted by molar-refractivity contribution is 6.00. The van der Waals surface area contributed by atoms with Crippen LogP contribution >= 0.6 is 0 Å². The lowest BCUT2D eigenvalue weighted by Gasteiger charge is -2.14. The van der Waals surface area contributed by atoms with Gasteiger partial charge in [-0.2, -0.15) is 5.10 Å². The number of H-pyrrole nitrogens is 1. The SMILES string of the molecule is CC(C)C(N)C(=O)Nc1[nH]ncc1C(=O)O. The molecule has 0 aliphatic rings. The van der Waals surface area contributed by atoms with E-state index in [1.807, 2.05) is 0 Å². The van der Waals surface area contributed by atoms with Crippen LogP contribution in [0, 0.1) is 5.92 Å². The van der Waals surface area contributed by atoms with E-state index in [9.17, 15) is 9.59 Å². The van der Waals surface area contributed by atoms with Gasteiger partial charge in [-0.3, -0.25) is 9.89 Å². The number of anilines is 1. The van der Waals surface area contributed by atoms with E-state index in [0.717, 1.165) is 6.20 Å². The summed E-state index contributed by atoms with van der Waals surface area (Å²) in [5.41, 5.74) is 5.52. The van der Waals surface area contributed by atoms with Gasteiger partial charge in [0.25, 0.3) is 0 Å². The number of amides is 1. The van der Waals surface area contributed by atoms with Gasteiger partial charge in [0, 0.05) is 0 Å². The molecule has 0 aliphatic carbocycles. The highest BCUT2D eigenvalue weighted by Gasteiger charge is 2.20. The maximum absolute atomic E-state index is 11.5. The second kappa shape index (κ2) is 4.75. The lowest BCUT2D eigenvalue weighted by Crippen LogP contribution is -2.40. The number of aromatic carboxylic acids is 1. The minimum absolute atomic E-state index is 0.0313. The number of carboxylic acid groups (broad SMARTS) is 1. The molecule has 5 N–H and O–H groups in total. The number of aromatic amines is 1. The van der Waals surface area contributed by atoms with Gasteiger partial charge in [0.1, 0.15) is 11.4 Å². The minimum atomic E-state index is -1.16. The Morgan fingerprint density at radius 1 is 1.56 bits per heavy atom. The third kappa shape index (κ3) is 2.57. The molecule has 0 radical (unpaired) electrons. The molecule has 1 atom stereocenters. The van der Waals surface area contributed by atoms with E-state index in [1.54, 1.807) is 13.8 Å². The van der Waals surface area contributed by atoms with Crippen molar-refractivity contribution in [3.63, 3.8) is 0 Å². The number of carbonyl (C=O) groups is 2. The fourth-order valence-electron chi connectivity index (χ4n) is 1.05. The molecular formula is C9H14N4O3. The zero-order valence-electron chi connectivity index (χ0n) is 9.02. The summed E-state index contributed by atoms with van der Waals surface area (Å²) < 4.78 is 0. The third-order valence-corrected chi connectivity index (χ3v) is 2.14. The van der Waals surface area contributed by atoms with Crippen LogP contribution in [0.4, 0.5) is 5.82 Å². The molecule has 0 saturated carbocycles. The number of nitrogens with zero attached hydrogens (tertiary/aromatic N) is 1. The van der Waals surface area contributed by atoms with Crippen molar-refractivity contribution in [2.75, 3.05) is 5.32 Å². The number of carbonyl (C=O) groups excluding carboxylic acids is 1.